The zero-order valence-corrected chi connectivity index (χ0v) is 14.1. The Kier molecular flexibility index (Phi) is 4.47. The molecule has 0 aliphatic carbocycles. The van der Waals surface area contributed by atoms with Crippen LogP contribution in [0.25, 0.3) is 0 Å². The van der Waals surface area contributed by atoms with Gasteiger partial charge >= 0.3 is 0 Å². The third-order valence-electron chi connectivity index (χ3n) is 5.04. The number of aliphatic hydroxyl groups is 1. The highest BCUT2D eigenvalue weighted by atomic mass is 16.3. The van der Waals surface area contributed by atoms with Crippen LogP contribution in [0.2, 0.25) is 0 Å². The Hall–Kier alpha value is -2.30. The molecular formula is C21H21BNO2. The molecule has 4 rings (SSSR count). The predicted molar refractivity (Wildman–Crippen MR) is 99.7 cm³/mol. The molecule has 1 N–H and O–H groups in total. The average molecular weight is 330 g/mol. The molecule has 1 aromatic heterocycles. The van der Waals surface area contributed by atoms with Gasteiger partial charge in [0.1, 0.15) is 5.60 Å². The minimum absolute atomic E-state index is 0.0394. The van der Waals surface area contributed by atoms with Gasteiger partial charge in [-0.15, -0.1) is 0 Å². The van der Waals surface area contributed by atoms with Crippen molar-refractivity contribution in [2.75, 3.05) is 6.54 Å². The molecule has 3 aromatic rings. The summed E-state index contributed by atoms with van der Waals surface area (Å²) in [4.78, 5) is 2.22. The molecule has 1 fully saturated rings. The van der Waals surface area contributed by atoms with E-state index in [1.165, 1.54) is 0 Å². The van der Waals surface area contributed by atoms with Crippen LogP contribution in [-0.4, -0.2) is 29.9 Å². The number of hydrogen-bond acceptors (Lipinski definition) is 3. The zero-order valence-electron chi connectivity index (χ0n) is 14.1. The van der Waals surface area contributed by atoms with Crippen LogP contribution in [0.3, 0.4) is 0 Å². The van der Waals surface area contributed by atoms with Gasteiger partial charge < -0.3 is 14.3 Å². The summed E-state index contributed by atoms with van der Waals surface area (Å²) >= 11 is 0. The first-order valence-electron chi connectivity index (χ1n) is 8.76. The summed E-state index contributed by atoms with van der Waals surface area (Å²) < 4.78 is 5.49. The van der Waals surface area contributed by atoms with Crippen LogP contribution < -0.4 is 5.66 Å². The van der Waals surface area contributed by atoms with Crippen molar-refractivity contribution < 1.29 is 9.52 Å². The normalized spacial score (nSPS) is 18.4. The Morgan fingerprint density at radius 3 is 2.12 bits per heavy atom. The summed E-state index contributed by atoms with van der Waals surface area (Å²) in [5, 5.41) is 12.0. The van der Waals surface area contributed by atoms with Crippen LogP contribution in [0.1, 0.15) is 24.0 Å². The number of furan rings is 1. The van der Waals surface area contributed by atoms with Crippen LogP contribution in [0.15, 0.2) is 83.5 Å². The monoisotopic (exact) mass is 330 g/mol. The van der Waals surface area contributed by atoms with Gasteiger partial charge in [0.25, 0.3) is 7.41 Å². The zero-order chi connectivity index (χ0) is 17.1. The third-order valence-corrected chi connectivity index (χ3v) is 5.04. The molecule has 0 spiro atoms. The van der Waals surface area contributed by atoms with Gasteiger partial charge in [0.05, 0.1) is 11.9 Å². The Bertz CT molecular complexity index is 750. The molecule has 4 heteroatoms. The largest absolute Gasteiger partial charge is 0.478 e. The smallest absolute Gasteiger partial charge is 0.298 e. The molecule has 1 atom stereocenters. The van der Waals surface area contributed by atoms with E-state index in [1.807, 2.05) is 80.2 Å². The second kappa shape index (κ2) is 6.91. The molecule has 1 unspecified atom stereocenters. The maximum atomic E-state index is 12.0. The molecular weight excluding hydrogens is 309 g/mol. The summed E-state index contributed by atoms with van der Waals surface area (Å²) in [7, 11) is 2.02. The fourth-order valence-electron chi connectivity index (χ4n) is 3.86. The molecule has 1 radical (unpaired) electrons. The van der Waals surface area contributed by atoms with Crippen LogP contribution >= 0.6 is 0 Å². The first-order chi connectivity index (χ1) is 12.3. The number of hydrogen-bond donors (Lipinski definition) is 1. The molecule has 25 heavy (non-hydrogen) atoms. The Morgan fingerprint density at radius 2 is 1.56 bits per heavy atom. The van der Waals surface area contributed by atoms with E-state index in [0.717, 1.165) is 36.2 Å². The Labute approximate surface area is 149 Å². The highest BCUT2D eigenvalue weighted by molar-refractivity contribution is 6.49. The van der Waals surface area contributed by atoms with Crippen LogP contribution in [0, 0.1) is 0 Å². The van der Waals surface area contributed by atoms with E-state index in [0.29, 0.717) is 0 Å². The van der Waals surface area contributed by atoms with Gasteiger partial charge in [0.15, 0.2) is 0 Å². The van der Waals surface area contributed by atoms with Crippen molar-refractivity contribution in [3.05, 3.63) is 90.2 Å². The average Bonchev–Trinajstić information content (AvgIpc) is 3.35. The molecule has 0 bridgehead atoms. The van der Waals surface area contributed by atoms with Crippen molar-refractivity contribution in [3.8, 4) is 0 Å². The van der Waals surface area contributed by atoms with Gasteiger partial charge in [-0.3, -0.25) is 0 Å². The van der Waals surface area contributed by atoms with E-state index in [2.05, 4.69) is 4.81 Å². The van der Waals surface area contributed by atoms with Gasteiger partial charge in [-0.25, -0.2) is 0 Å². The van der Waals surface area contributed by atoms with E-state index in [1.54, 1.807) is 6.26 Å². The molecule has 2 aromatic carbocycles. The number of nitrogens with zero attached hydrogens (tertiary/aromatic N) is 1. The highest BCUT2D eigenvalue weighted by Crippen LogP contribution is 2.39. The summed E-state index contributed by atoms with van der Waals surface area (Å²) in [6.45, 7) is 0.910. The van der Waals surface area contributed by atoms with Crippen molar-refractivity contribution in [2.24, 2.45) is 0 Å². The molecule has 2 heterocycles. The van der Waals surface area contributed by atoms with Gasteiger partial charge in [-0.2, -0.15) is 0 Å². The van der Waals surface area contributed by atoms with Crippen molar-refractivity contribution in [3.63, 3.8) is 0 Å². The molecule has 0 amide bonds. The van der Waals surface area contributed by atoms with E-state index in [4.69, 9.17) is 4.42 Å². The fourth-order valence-corrected chi connectivity index (χ4v) is 3.86. The van der Waals surface area contributed by atoms with Crippen molar-refractivity contribution in [2.45, 2.75) is 24.5 Å². The van der Waals surface area contributed by atoms with E-state index >= 15 is 0 Å². The Morgan fingerprint density at radius 1 is 0.920 bits per heavy atom. The van der Waals surface area contributed by atoms with Crippen LogP contribution in [0.4, 0.5) is 0 Å². The lowest BCUT2D eigenvalue weighted by molar-refractivity contribution is 0.0201. The van der Waals surface area contributed by atoms with Crippen LogP contribution in [0.5, 0.6) is 0 Å². The number of benzene rings is 2. The minimum Gasteiger partial charge on any atom is -0.478 e. The summed E-state index contributed by atoms with van der Waals surface area (Å²) in [6.07, 6.45) is 3.65. The quantitative estimate of drug-likeness (QED) is 0.731. The summed E-state index contributed by atoms with van der Waals surface area (Å²) in [5.74, 6) is 0. The third kappa shape index (κ3) is 3.03. The van der Waals surface area contributed by atoms with Crippen molar-refractivity contribution in [1.82, 2.24) is 4.81 Å². The molecule has 3 nitrogen and oxygen atoms in total. The van der Waals surface area contributed by atoms with Crippen LogP contribution in [-0.2, 0) is 5.60 Å². The van der Waals surface area contributed by atoms with Gasteiger partial charge in [0.2, 0.25) is 0 Å². The van der Waals surface area contributed by atoms with E-state index in [-0.39, 0.29) is 6.04 Å². The van der Waals surface area contributed by atoms with Crippen molar-refractivity contribution >= 4 is 13.1 Å². The van der Waals surface area contributed by atoms with Gasteiger partial charge in [-0.1, -0.05) is 60.7 Å². The van der Waals surface area contributed by atoms with Gasteiger partial charge in [-0.05, 0) is 42.6 Å². The summed E-state index contributed by atoms with van der Waals surface area (Å²) in [6, 6.07) is 23.7. The second-order valence-corrected chi connectivity index (χ2v) is 6.54. The maximum absolute atomic E-state index is 12.0. The Balaban J connectivity index is 1.75. The van der Waals surface area contributed by atoms with Crippen molar-refractivity contribution in [1.29, 1.82) is 0 Å². The predicted octanol–water partition coefficient (Wildman–Crippen LogP) is 2.92. The first-order valence-corrected chi connectivity index (χ1v) is 8.76. The first kappa shape index (κ1) is 16.2. The standard InChI is InChI=1S/C21H21BNO2/c24-21(17-9-3-1-4-10-17,18-11-5-2-6-12-18)19-13-7-15-23(19)22-20-14-8-16-25-20/h1-6,8-12,14,16,19,24H,7,13,15H2. The molecule has 125 valence electrons. The lowest BCUT2D eigenvalue weighted by atomic mass is 9.75. The summed E-state index contributed by atoms with van der Waals surface area (Å²) in [5.41, 5.74) is 1.59. The molecule has 1 aliphatic heterocycles. The number of rotatable bonds is 5. The maximum Gasteiger partial charge on any atom is 0.298 e. The molecule has 1 aliphatic rings. The lowest BCUT2D eigenvalue weighted by Crippen LogP contribution is -2.51. The van der Waals surface area contributed by atoms with E-state index < -0.39 is 5.60 Å². The molecule has 0 saturated carbocycles. The molecule has 1 saturated heterocycles. The minimum atomic E-state index is -1.07. The second-order valence-electron chi connectivity index (χ2n) is 6.54. The highest BCUT2D eigenvalue weighted by Gasteiger charge is 2.45. The van der Waals surface area contributed by atoms with E-state index in [9.17, 15) is 5.11 Å². The lowest BCUT2D eigenvalue weighted by Gasteiger charge is -2.40. The van der Waals surface area contributed by atoms with Gasteiger partial charge in [0, 0.05) is 6.04 Å². The fraction of sp³-hybridized carbons (Fsp3) is 0.238. The topological polar surface area (TPSA) is 36.6 Å². The SMILES string of the molecule is OC(c1ccccc1)(c1ccccc1)C1CCCN1[B]c1ccco1.